The van der Waals surface area contributed by atoms with Crippen LogP contribution in [0.1, 0.15) is 18.1 Å². The molecule has 1 aromatic carbocycles. The first-order valence-corrected chi connectivity index (χ1v) is 8.07. The maximum absolute atomic E-state index is 12.9. The molecule has 0 radical (unpaired) electrons. The summed E-state index contributed by atoms with van der Waals surface area (Å²) in [5.41, 5.74) is 2.83. The third-order valence-corrected chi connectivity index (χ3v) is 4.50. The number of fused-ring (bicyclic) bond motifs is 2. The molecule has 3 heterocycles. The van der Waals surface area contributed by atoms with E-state index < -0.39 is 6.04 Å². The number of rotatable bonds is 2. The lowest BCUT2D eigenvalue weighted by atomic mass is 9.93. The SMILES string of the molecule is CC(=O)N1Cc2ccccc2CC1C(=O)Nc1ccnc2ccnn12. The zero-order valence-corrected chi connectivity index (χ0v) is 13.7. The van der Waals surface area contributed by atoms with Gasteiger partial charge in [-0.15, -0.1) is 0 Å². The molecule has 0 bridgehead atoms. The summed E-state index contributed by atoms with van der Waals surface area (Å²) in [5.74, 6) is 0.184. The van der Waals surface area contributed by atoms with Crippen molar-refractivity contribution in [2.45, 2.75) is 25.9 Å². The molecule has 1 aliphatic rings. The molecule has 0 saturated carbocycles. The summed E-state index contributed by atoms with van der Waals surface area (Å²) in [7, 11) is 0. The van der Waals surface area contributed by atoms with Gasteiger partial charge in [0.05, 0.1) is 6.20 Å². The summed E-state index contributed by atoms with van der Waals surface area (Å²) < 4.78 is 1.56. The highest BCUT2D eigenvalue weighted by molar-refractivity contribution is 5.97. The van der Waals surface area contributed by atoms with E-state index in [1.165, 1.54) is 6.92 Å². The van der Waals surface area contributed by atoms with Crippen molar-refractivity contribution >= 4 is 23.3 Å². The first kappa shape index (κ1) is 15.3. The minimum atomic E-state index is -0.550. The van der Waals surface area contributed by atoms with Gasteiger partial charge in [0.25, 0.3) is 0 Å². The van der Waals surface area contributed by atoms with Crippen LogP contribution in [0.25, 0.3) is 5.65 Å². The van der Waals surface area contributed by atoms with E-state index in [0.717, 1.165) is 11.1 Å². The maximum atomic E-state index is 12.9. The van der Waals surface area contributed by atoms with Crippen LogP contribution in [0.5, 0.6) is 0 Å². The molecule has 1 N–H and O–H groups in total. The highest BCUT2D eigenvalue weighted by Crippen LogP contribution is 2.24. The van der Waals surface area contributed by atoms with Gasteiger partial charge in [0.1, 0.15) is 11.9 Å². The van der Waals surface area contributed by atoms with Gasteiger partial charge < -0.3 is 10.2 Å². The molecule has 1 aliphatic heterocycles. The van der Waals surface area contributed by atoms with Crippen molar-refractivity contribution < 1.29 is 9.59 Å². The molecule has 126 valence electrons. The van der Waals surface area contributed by atoms with Gasteiger partial charge in [-0.3, -0.25) is 9.59 Å². The van der Waals surface area contributed by atoms with Crippen molar-refractivity contribution in [1.29, 1.82) is 0 Å². The van der Waals surface area contributed by atoms with Gasteiger partial charge in [-0.05, 0) is 17.2 Å². The van der Waals surface area contributed by atoms with Crippen molar-refractivity contribution in [1.82, 2.24) is 19.5 Å². The molecule has 0 spiro atoms. The molecule has 4 rings (SSSR count). The van der Waals surface area contributed by atoms with Crippen molar-refractivity contribution in [3.8, 4) is 0 Å². The Kier molecular flexibility index (Phi) is 3.68. The third kappa shape index (κ3) is 2.73. The lowest BCUT2D eigenvalue weighted by molar-refractivity contribution is -0.138. The van der Waals surface area contributed by atoms with Gasteiger partial charge in [0.15, 0.2) is 5.65 Å². The first-order valence-electron chi connectivity index (χ1n) is 8.07. The molecule has 0 saturated heterocycles. The Morgan fingerprint density at radius 3 is 2.72 bits per heavy atom. The largest absolute Gasteiger partial charge is 0.326 e. The molecule has 1 unspecified atom stereocenters. The number of nitrogens with zero attached hydrogens (tertiary/aromatic N) is 4. The minimum Gasteiger partial charge on any atom is -0.326 e. The summed E-state index contributed by atoms with van der Waals surface area (Å²) >= 11 is 0. The molecule has 2 aromatic heterocycles. The molecule has 0 fully saturated rings. The predicted octanol–water partition coefficient (Wildman–Crippen LogP) is 1.64. The van der Waals surface area contributed by atoms with Crippen LogP contribution in [0.15, 0.2) is 48.8 Å². The summed E-state index contributed by atoms with van der Waals surface area (Å²) in [4.78, 5) is 30.7. The van der Waals surface area contributed by atoms with Crippen LogP contribution in [-0.2, 0) is 22.6 Å². The Balaban J connectivity index is 1.64. The Labute approximate surface area is 144 Å². The van der Waals surface area contributed by atoms with Crippen molar-refractivity contribution in [2.75, 3.05) is 5.32 Å². The second-order valence-corrected chi connectivity index (χ2v) is 6.06. The van der Waals surface area contributed by atoms with Crippen LogP contribution in [0.4, 0.5) is 5.82 Å². The Morgan fingerprint density at radius 1 is 1.12 bits per heavy atom. The van der Waals surface area contributed by atoms with Crippen molar-refractivity contribution in [3.63, 3.8) is 0 Å². The summed E-state index contributed by atoms with van der Waals surface area (Å²) in [6.45, 7) is 1.93. The molecule has 25 heavy (non-hydrogen) atoms. The number of anilines is 1. The number of carbonyl (C=O) groups is 2. The lowest BCUT2D eigenvalue weighted by Gasteiger charge is -2.35. The Morgan fingerprint density at radius 2 is 1.92 bits per heavy atom. The standard InChI is InChI=1S/C18H17N5O2/c1-12(24)22-11-14-5-3-2-4-13(14)10-15(22)18(25)21-17-6-8-19-16-7-9-20-23(16)17/h2-9,15H,10-11H2,1H3,(H,21,25). The number of aromatic nitrogens is 3. The van der Waals surface area contributed by atoms with E-state index in [4.69, 9.17) is 0 Å². The number of benzene rings is 1. The normalized spacial score (nSPS) is 16.5. The number of hydrogen-bond donors (Lipinski definition) is 1. The molecule has 0 aliphatic carbocycles. The number of amides is 2. The first-order chi connectivity index (χ1) is 12.1. The van der Waals surface area contributed by atoms with E-state index in [-0.39, 0.29) is 11.8 Å². The van der Waals surface area contributed by atoms with Crippen molar-refractivity contribution in [2.24, 2.45) is 0 Å². The fraction of sp³-hybridized carbons (Fsp3) is 0.222. The molecule has 2 amide bonds. The summed E-state index contributed by atoms with van der Waals surface area (Å²) in [6, 6.07) is 10.8. The van der Waals surface area contributed by atoms with E-state index in [0.29, 0.717) is 24.4 Å². The zero-order chi connectivity index (χ0) is 17.4. The van der Waals surface area contributed by atoms with Crippen LogP contribution < -0.4 is 5.32 Å². The predicted molar refractivity (Wildman–Crippen MR) is 91.8 cm³/mol. The fourth-order valence-corrected chi connectivity index (χ4v) is 3.23. The average Bonchev–Trinajstić information content (AvgIpc) is 3.10. The maximum Gasteiger partial charge on any atom is 0.248 e. The molecule has 1 atom stereocenters. The van der Waals surface area contributed by atoms with E-state index in [1.807, 2.05) is 24.3 Å². The van der Waals surface area contributed by atoms with Crippen LogP contribution in [-0.4, -0.2) is 37.4 Å². The topological polar surface area (TPSA) is 79.6 Å². The molecular weight excluding hydrogens is 318 g/mol. The number of hydrogen-bond acceptors (Lipinski definition) is 4. The monoisotopic (exact) mass is 335 g/mol. The van der Waals surface area contributed by atoms with Crippen LogP contribution in [0.2, 0.25) is 0 Å². The smallest absolute Gasteiger partial charge is 0.248 e. The highest BCUT2D eigenvalue weighted by atomic mass is 16.2. The van der Waals surface area contributed by atoms with Gasteiger partial charge in [-0.1, -0.05) is 24.3 Å². The minimum absolute atomic E-state index is 0.117. The molecule has 7 heteroatoms. The highest BCUT2D eigenvalue weighted by Gasteiger charge is 2.33. The fourth-order valence-electron chi connectivity index (χ4n) is 3.23. The summed E-state index contributed by atoms with van der Waals surface area (Å²) in [6.07, 6.45) is 3.73. The van der Waals surface area contributed by atoms with Gasteiger partial charge in [0, 0.05) is 32.2 Å². The second-order valence-electron chi connectivity index (χ2n) is 6.06. The van der Waals surface area contributed by atoms with Gasteiger partial charge in [-0.25, -0.2) is 4.98 Å². The summed E-state index contributed by atoms with van der Waals surface area (Å²) in [5, 5.41) is 7.05. The quantitative estimate of drug-likeness (QED) is 0.772. The van der Waals surface area contributed by atoms with E-state index in [9.17, 15) is 9.59 Å². The third-order valence-electron chi connectivity index (χ3n) is 4.50. The Hall–Kier alpha value is -3.22. The number of nitrogens with one attached hydrogen (secondary N) is 1. The molecule has 7 nitrogen and oxygen atoms in total. The van der Waals surface area contributed by atoms with Crippen LogP contribution >= 0.6 is 0 Å². The Bertz CT molecular complexity index is 965. The average molecular weight is 335 g/mol. The van der Waals surface area contributed by atoms with E-state index in [1.54, 1.807) is 33.9 Å². The van der Waals surface area contributed by atoms with Gasteiger partial charge in [0.2, 0.25) is 11.8 Å². The van der Waals surface area contributed by atoms with Gasteiger partial charge in [-0.2, -0.15) is 9.61 Å². The van der Waals surface area contributed by atoms with Crippen LogP contribution in [0.3, 0.4) is 0 Å². The van der Waals surface area contributed by atoms with Crippen LogP contribution in [0, 0.1) is 0 Å². The van der Waals surface area contributed by atoms with Crippen molar-refractivity contribution in [3.05, 3.63) is 59.9 Å². The lowest BCUT2D eigenvalue weighted by Crippen LogP contribution is -2.50. The van der Waals surface area contributed by atoms with E-state index >= 15 is 0 Å². The molecule has 3 aromatic rings. The number of carbonyl (C=O) groups excluding carboxylic acids is 2. The van der Waals surface area contributed by atoms with Gasteiger partial charge >= 0.3 is 0 Å². The zero-order valence-electron chi connectivity index (χ0n) is 13.7. The second kappa shape index (κ2) is 6.01. The van der Waals surface area contributed by atoms with E-state index in [2.05, 4.69) is 15.4 Å². The molecular formula is C18H17N5O2.